The Morgan fingerprint density at radius 3 is 2.67 bits per heavy atom. The number of halogens is 2. The molecular weight excluding hydrogens is 509 g/mol. The fourth-order valence-corrected chi connectivity index (χ4v) is 3.73. The van der Waals surface area contributed by atoms with Gasteiger partial charge in [0.05, 0.1) is 17.7 Å². The summed E-state index contributed by atoms with van der Waals surface area (Å²) in [5, 5.41) is 16.4. The lowest BCUT2D eigenvalue weighted by Gasteiger charge is -2.13. The number of nitrogens with zero attached hydrogens (tertiary/aromatic N) is 2. The van der Waals surface area contributed by atoms with E-state index in [1.807, 2.05) is 6.92 Å². The van der Waals surface area contributed by atoms with Gasteiger partial charge in [-0.05, 0) is 55.0 Å². The van der Waals surface area contributed by atoms with Gasteiger partial charge in [-0.1, -0.05) is 29.3 Å². The number of ether oxygens (including phenoxy) is 2. The first-order chi connectivity index (χ1) is 17.3. The molecule has 0 spiro atoms. The summed E-state index contributed by atoms with van der Waals surface area (Å²) in [5.74, 6) is 0.384. The summed E-state index contributed by atoms with van der Waals surface area (Å²) in [5.41, 5.74) is 4.06. The monoisotopic (exact) mass is 527 g/mol. The summed E-state index contributed by atoms with van der Waals surface area (Å²) in [7, 11) is 0. The molecular formula is C25H19Cl2N3O6. The van der Waals surface area contributed by atoms with E-state index in [9.17, 15) is 14.9 Å². The average molecular weight is 528 g/mol. The molecule has 3 aromatic carbocycles. The van der Waals surface area contributed by atoms with E-state index in [0.29, 0.717) is 44.7 Å². The number of carbonyl (C=O) groups excluding carboxylic acids is 1. The highest BCUT2D eigenvalue weighted by molar-refractivity contribution is 6.35. The van der Waals surface area contributed by atoms with Crippen LogP contribution in [-0.2, 0) is 6.61 Å². The quantitative estimate of drug-likeness (QED) is 0.153. The minimum absolute atomic E-state index is 0.0257. The fourth-order valence-electron chi connectivity index (χ4n) is 3.26. The van der Waals surface area contributed by atoms with Crippen molar-refractivity contribution in [3.63, 3.8) is 0 Å². The number of nitro groups is 1. The molecule has 1 heterocycles. The van der Waals surface area contributed by atoms with Crippen molar-refractivity contribution in [2.75, 3.05) is 6.61 Å². The normalized spacial score (nSPS) is 11.1. The van der Waals surface area contributed by atoms with Gasteiger partial charge < -0.3 is 13.9 Å². The number of nitro benzene ring substituents is 1. The minimum Gasteiger partial charge on any atom is -0.490 e. The molecule has 0 atom stereocenters. The largest absolute Gasteiger partial charge is 0.490 e. The average Bonchev–Trinajstić information content (AvgIpc) is 3.28. The molecule has 1 amide bonds. The van der Waals surface area contributed by atoms with Crippen molar-refractivity contribution in [3.8, 4) is 11.5 Å². The van der Waals surface area contributed by atoms with E-state index in [0.717, 1.165) is 5.56 Å². The van der Waals surface area contributed by atoms with Crippen LogP contribution in [0, 0.1) is 10.1 Å². The van der Waals surface area contributed by atoms with Crippen LogP contribution < -0.4 is 14.9 Å². The van der Waals surface area contributed by atoms with Crippen LogP contribution in [0.5, 0.6) is 11.5 Å². The van der Waals surface area contributed by atoms with E-state index in [-0.39, 0.29) is 18.1 Å². The number of hydrogen-bond donors (Lipinski definition) is 1. The first kappa shape index (κ1) is 25.0. The minimum atomic E-state index is -0.602. The number of benzene rings is 3. The van der Waals surface area contributed by atoms with Crippen LogP contribution in [0.4, 0.5) is 5.69 Å². The Labute approximate surface area is 215 Å². The smallest absolute Gasteiger partial charge is 0.307 e. The fraction of sp³-hybridized carbons (Fsp3) is 0.120. The maximum absolute atomic E-state index is 12.4. The second kappa shape index (κ2) is 11.1. The molecule has 0 fully saturated rings. The van der Waals surface area contributed by atoms with Gasteiger partial charge in [-0.25, -0.2) is 5.43 Å². The van der Waals surface area contributed by atoms with Gasteiger partial charge in [0.15, 0.2) is 17.3 Å². The van der Waals surface area contributed by atoms with Crippen LogP contribution >= 0.6 is 23.2 Å². The van der Waals surface area contributed by atoms with Gasteiger partial charge in [-0.15, -0.1) is 0 Å². The highest BCUT2D eigenvalue weighted by Crippen LogP contribution is 2.30. The maximum Gasteiger partial charge on any atom is 0.307 e. The third-order valence-corrected chi connectivity index (χ3v) is 5.57. The second-order valence-corrected chi connectivity index (χ2v) is 8.30. The standard InChI is InChI=1S/C25H19Cl2N3O6/c1-2-34-23-9-15(3-7-22(23)35-14-16-4-5-18(26)12-20(16)27)13-28-29-25(31)24-11-17-10-19(30(32)33)6-8-21(17)36-24/h3-13H,2,14H2,1H3,(H,29,31)/b28-13+. The zero-order valence-electron chi connectivity index (χ0n) is 18.9. The summed E-state index contributed by atoms with van der Waals surface area (Å²) in [6.07, 6.45) is 1.44. The molecule has 0 aliphatic heterocycles. The summed E-state index contributed by atoms with van der Waals surface area (Å²) in [6, 6.07) is 15.9. The van der Waals surface area contributed by atoms with Gasteiger partial charge in [0, 0.05) is 33.1 Å². The number of hydrazone groups is 1. The zero-order chi connectivity index (χ0) is 25.7. The Morgan fingerprint density at radius 1 is 1.08 bits per heavy atom. The summed E-state index contributed by atoms with van der Waals surface area (Å²) in [6.45, 7) is 2.49. The Hall–Kier alpha value is -4.08. The molecule has 9 nitrogen and oxygen atoms in total. The number of hydrogen-bond acceptors (Lipinski definition) is 7. The molecule has 4 aromatic rings. The topological polar surface area (TPSA) is 116 Å². The lowest BCUT2D eigenvalue weighted by Crippen LogP contribution is -2.16. The molecule has 0 unspecified atom stereocenters. The molecule has 1 N–H and O–H groups in total. The molecule has 0 aliphatic rings. The zero-order valence-corrected chi connectivity index (χ0v) is 20.4. The Bertz CT molecular complexity index is 1470. The Kier molecular flexibility index (Phi) is 7.72. The van der Waals surface area contributed by atoms with Crippen LogP contribution in [0.25, 0.3) is 11.0 Å². The summed E-state index contributed by atoms with van der Waals surface area (Å²) < 4.78 is 17.0. The number of nitrogens with one attached hydrogen (secondary N) is 1. The first-order valence-corrected chi connectivity index (χ1v) is 11.4. The molecule has 36 heavy (non-hydrogen) atoms. The van der Waals surface area contributed by atoms with Crippen LogP contribution in [0.2, 0.25) is 10.0 Å². The van der Waals surface area contributed by atoms with Crippen molar-refractivity contribution >= 4 is 52.0 Å². The van der Waals surface area contributed by atoms with E-state index in [1.54, 1.807) is 36.4 Å². The number of amides is 1. The molecule has 1 aromatic heterocycles. The van der Waals surface area contributed by atoms with Crippen molar-refractivity contribution < 1.29 is 23.6 Å². The van der Waals surface area contributed by atoms with E-state index in [2.05, 4.69) is 10.5 Å². The molecule has 0 saturated heterocycles. The van der Waals surface area contributed by atoms with Gasteiger partial charge in [-0.3, -0.25) is 14.9 Å². The highest BCUT2D eigenvalue weighted by Gasteiger charge is 2.15. The van der Waals surface area contributed by atoms with Gasteiger partial charge in [-0.2, -0.15) is 5.10 Å². The predicted molar refractivity (Wildman–Crippen MR) is 136 cm³/mol. The van der Waals surface area contributed by atoms with Crippen molar-refractivity contribution in [2.45, 2.75) is 13.5 Å². The number of non-ortho nitro benzene ring substituents is 1. The second-order valence-electron chi connectivity index (χ2n) is 7.45. The van der Waals surface area contributed by atoms with Crippen molar-refractivity contribution in [3.05, 3.63) is 97.7 Å². The number of furan rings is 1. The molecule has 4 rings (SSSR count). The van der Waals surface area contributed by atoms with Gasteiger partial charge >= 0.3 is 5.91 Å². The summed E-state index contributed by atoms with van der Waals surface area (Å²) in [4.78, 5) is 22.8. The van der Waals surface area contributed by atoms with Gasteiger partial charge in [0.2, 0.25) is 0 Å². The van der Waals surface area contributed by atoms with E-state index in [4.69, 9.17) is 37.1 Å². The molecule has 0 saturated carbocycles. The van der Waals surface area contributed by atoms with Crippen molar-refractivity contribution in [2.24, 2.45) is 5.10 Å². The van der Waals surface area contributed by atoms with Crippen LogP contribution in [0.1, 0.15) is 28.6 Å². The number of rotatable bonds is 9. The van der Waals surface area contributed by atoms with E-state index >= 15 is 0 Å². The predicted octanol–water partition coefficient (Wildman–Crippen LogP) is 6.39. The lowest BCUT2D eigenvalue weighted by molar-refractivity contribution is -0.384. The third kappa shape index (κ3) is 5.94. The third-order valence-electron chi connectivity index (χ3n) is 4.98. The van der Waals surface area contributed by atoms with Crippen molar-refractivity contribution in [1.29, 1.82) is 0 Å². The van der Waals surface area contributed by atoms with Crippen LogP contribution in [0.15, 0.2) is 70.2 Å². The summed E-state index contributed by atoms with van der Waals surface area (Å²) >= 11 is 12.1. The molecule has 11 heteroatoms. The molecule has 184 valence electrons. The molecule has 0 bridgehead atoms. The first-order valence-electron chi connectivity index (χ1n) is 10.7. The van der Waals surface area contributed by atoms with E-state index < -0.39 is 10.8 Å². The SMILES string of the molecule is CCOc1cc(/C=N/NC(=O)c2cc3cc([N+](=O)[O-])ccc3o2)ccc1OCc1ccc(Cl)cc1Cl. The number of fused-ring (bicyclic) bond motifs is 1. The molecule has 0 radical (unpaired) electrons. The van der Waals surface area contributed by atoms with Gasteiger partial charge in [0.1, 0.15) is 12.2 Å². The Morgan fingerprint density at radius 2 is 1.92 bits per heavy atom. The lowest BCUT2D eigenvalue weighted by atomic mass is 10.2. The van der Waals surface area contributed by atoms with Crippen LogP contribution in [-0.4, -0.2) is 23.7 Å². The highest BCUT2D eigenvalue weighted by atomic mass is 35.5. The number of carbonyl (C=O) groups is 1. The Balaban J connectivity index is 1.43. The maximum atomic E-state index is 12.4. The van der Waals surface area contributed by atoms with Crippen LogP contribution in [0.3, 0.4) is 0 Å². The van der Waals surface area contributed by atoms with Crippen molar-refractivity contribution in [1.82, 2.24) is 5.43 Å². The van der Waals surface area contributed by atoms with Gasteiger partial charge in [0.25, 0.3) is 5.69 Å². The van der Waals surface area contributed by atoms with E-state index in [1.165, 1.54) is 30.5 Å². The molecule has 0 aliphatic carbocycles.